The van der Waals surface area contributed by atoms with Crippen LogP contribution in [-0.2, 0) is 11.2 Å². The number of halogens is 1. The highest BCUT2D eigenvalue weighted by atomic mass is 19.1. The maximum absolute atomic E-state index is 13.4. The van der Waals surface area contributed by atoms with Gasteiger partial charge in [-0.3, -0.25) is 0 Å². The molecule has 21 heavy (non-hydrogen) atoms. The number of carbonyl (C=O) groups excluding carboxylic acids is 1. The van der Waals surface area contributed by atoms with Crippen molar-refractivity contribution < 1.29 is 19.1 Å². The summed E-state index contributed by atoms with van der Waals surface area (Å²) >= 11 is 0. The molecular weight excluding hydrogens is 275 g/mol. The predicted octanol–water partition coefficient (Wildman–Crippen LogP) is 2.31. The fourth-order valence-electron chi connectivity index (χ4n) is 1.89. The van der Waals surface area contributed by atoms with Crippen molar-refractivity contribution in [2.45, 2.75) is 38.6 Å². The van der Waals surface area contributed by atoms with Gasteiger partial charge in [-0.25, -0.2) is 14.0 Å². The first-order valence-electron chi connectivity index (χ1n) is 7.05. The first kappa shape index (κ1) is 16.9. The number of hydrogen-bond donors (Lipinski definition) is 3. The van der Waals surface area contributed by atoms with Crippen LogP contribution in [0.3, 0.4) is 0 Å². The number of rotatable bonds is 8. The Hall–Kier alpha value is -2.11. The predicted molar refractivity (Wildman–Crippen MR) is 77.6 cm³/mol. The van der Waals surface area contributed by atoms with Crippen LogP contribution in [0, 0.1) is 5.82 Å². The summed E-state index contributed by atoms with van der Waals surface area (Å²) in [6.07, 6.45) is 2.34. The van der Waals surface area contributed by atoms with Gasteiger partial charge in [-0.05, 0) is 24.5 Å². The Kier molecular flexibility index (Phi) is 7.21. The Labute approximate surface area is 123 Å². The quantitative estimate of drug-likeness (QED) is 0.689. The van der Waals surface area contributed by atoms with Gasteiger partial charge in [0.25, 0.3) is 0 Å². The van der Waals surface area contributed by atoms with Gasteiger partial charge in [0.2, 0.25) is 0 Å². The molecule has 0 aromatic heterocycles. The van der Waals surface area contributed by atoms with E-state index in [9.17, 15) is 14.0 Å². The normalized spacial score (nSPS) is 11.7. The lowest BCUT2D eigenvalue weighted by atomic mass is 10.1. The summed E-state index contributed by atoms with van der Waals surface area (Å²) < 4.78 is 13.4. The number of nitrogens with one attached hydrogen (secondary N) is 2. The van der Waals surface area contributed by atoms with Gasteiger partial charge in [0.1, 0.15) is 11.9 Å². The zero-order valence-corrected chi connectivity index (χ0v) is 12.1. The third-order valence-corrected chi connectivity index (χ3v) is 3.09. The van der Waals surface area contributed by atoms with Crippen LogP contribution in [0.25, 0.3) is 0 Å². The highest BCUT2D eigenvalue weighted by Gasteiger charge is 2.18. The zero-order chi connectivity index (χ0) is 15.7. The topological polar surface area (TPSA) is 78.4 Å². The Balaban J connectivity index is 2.36. The third kappa shape index (κ3) is 6.25. The summed E-state index contributed by atoms with van der Waals surface area (Å²) in [5.74, 6) is -1.36. The Morgan fingerprint density at radius 3 is 2.67 bits per heavy atom. The van der Waals surface area contributed by atoms with E-state index in [1.165, 1.54) is 6.07 Å². The molecule has 0 aliphatic heterocycles. The van der Waals surface area contributed by atoms with E-state index in [2.05, 4.69) is 10.6 Å². The summed E-state index contributed by atoms with van der Waals surface area (Å²) in [6, 6.07) is 4.90. The maximum atomic E-state index is 13.4. The maximum Gasteiger partial charge on any atom is 0.326 e. The van der Waals surface area contributed by atoms with Crippen LogP contribution in [0.4, 0.5) is 9.18 Å². The summed E-state index contributed by atoms with van der Waals surface area (Å²) in [5, 5.41) is 13.9. The van der Waals surface area contributed by atoms with Crippen LogP contribution in [0.2, 0.25) is 0 Å². The monoisotopic (exact) mass is 296 g/mol. The van der Waals surface area contributed by atoms with Crippen LogP contribution in [0.1, 0.15) is 31.7 Å². The molecule has 5 nitrogen and oxygen atoms in total. The number of carbonyl (C=O) groups is 2. The lowest BCUT2D eigenvalue weighted by molar-refractivity contribution is -0.139. The van der Waals surface area contributed by atoms with Gasteiger partial charge in [0, 0.05) is 6.54 Å². The van der Waals surface area contributed by atoms with Gasteiger partial charge >= 0.3 is 12.0 Å². The number of carboxylic acids is 1. The molecule has 0 aliphatic rings. The van der Waals surface area contributed by atoms with Crippen molar-refractivity contribution in [2.24, 2.45) is 0 Å². The van der Waals surface area contributed by atoms with Gasteiger partial charge in [0.15, 0.2) is 0 Å². The van der Waals surface area contributed by atoms with E-state index < -0.39 is 18.0 Å². The van der Waals surface area contributed by atoms with Gasteiger partial charge in [-0.15, -0.1) is 0 Å². The van der Waals surface area contributed by atoms with E-state index >= 15 is 0 Å². The second-order valence-corrected chi connectivity index (χ2v) is 4.77. The summed E-state index contributed by atoms with van der Waals surface area (Å²) in [6.45, 7) is 2.19. The molecule has 1 rings (SSSR count). The first-order chi connectivity index (χ1) is 10.0. The Bertz CT molecular complexity index is 480. The fraction of sp³-hybridized carbons (Fsp3) is 0.467. The van der Waals surface area contributed by atoms with Crippen molar-refractivity contribution in [2.75, 3.05) is 6.54 Å². The molecule has 0 spiro atoms. The van der Waals surface area contributed by atoms with E-state index in [0.29, 0.717) is 18.4 Å². The molecule has 1 aromatic rings. The summed E-state index contributed by atoms with van der Waals surface area (Å²) in [4.78, 5) is 22.6. The number of benzene rings is 1. The largest absolute Gasteiger partial charge is 0.480 e. The molecule has 0 radical (unpaired) electrons. The highest BCUT2D eigenvalue weighted by Crippen LogP contribution is 2.06. The fourth-order valence-corrected chi connectivity index (χ4v) is 1.89. The molecule has 0 fully saturated rings. The van der Waals surface area contributed by atoms with Crippen LogP contribution in [0.5, 0.6) is 0 Å². The second kappa shape index (κ2) is 8.94. The van der Waals surface area contributed by atoms with Crippen molar-refractivity contribution >= 4 is 12.0 Å². The average Bonchev–Trinajstić information content (AvgIpc) is 2.45. The van der Waals surface area contributed by atoms with Crippen LogP contribution < -0.4 is 10.6 Å². The molecule has 6 heteroatoms. The molecule has 0 saturated heterocycles. The average molecular weight is 296 g/mol. The van der Waals surface area contributed by atoms with Crippen molar-refractivity contribution in [1.82, 2.24) is 10.6 Å². The van der Waals surface area contributed by atoms with E-state index in [0.717, 1.165) is 12.8 Å². The van der Waals surface area contributed by atoms with Crippen LogP contribution >= 0.6 is 0 Å². The molecule has 1 aromatic carbocycles. The van der Waals surface area contributed by atoms with E-state index in [1.807, 2.05) is 6.92 Å². The van der Waals surface area contributed by atoms with Gasteiger partial charge in [-0.1, -0.05) is 38.0 Å². The molecule has 3 N–H and O–H groups in total. The Morgan fingerprint density at radius 2 is 2.05 bits per heavy atom. The number of aliphatic carboxylic acids is 1. The molecule has 0 unspecified atom stereocenters. The molecule has 0 heterocycles. The van der Waals surface area contributed by atoms with E-state index in [1.54, 1.807) is 18.2 Å². The van der Waals surface area contributed by atoms with Crippen molar-refractivity contribution in [1.29, 1.82) is 0 Å². The smallest absolute Gasteiger partial charge is 0.326 e. The van der Waals surface area contributed by atoms with Gasteiger partial charge in [-0.2, -0.15) is 0 Å². The molecule has 1 atom stereocenters. The summed E-state index contributed by atoms with van der Waals surface area (Å²) in [5.41, 5.74) is 0.513. The first-order valence-corrected chi connectivity index (χ1v) is 7.05. The second-order valence-electron chi connectivity index (χ2n) is 4.77. The molecule has 116 valence electrons. The number of urea groups is 1. The third-order valence-electron chi connectivity index (χ3n) is 3.09. The number of hydrogen-bond acceptors (Lipinski definition) is 2. The van der Waals surface area contributed by atoms with Crippen LogP contribution in [0.15, 0.2) is 24.3 Å². The molecular formula is C15H21FN2O3. The van der Waals surface area contributed by atoms with E-state index in [-0.39, 0.29) is 12.4 Å². The lowest BCUT2D eigenvalue weighted by Crippen LogP contribution is -2.46. The lowest BCUT2D eigenvalue weighted by Gasteiger charge is -2.14. The summed E-state index contributed by atoms with van der Waals surface area (Å²) in [7, 11) is 0. The molecule has 0 bridgehead atoms. The highest BCUT2D eigenvalue weighted by molar-refractivity contribution is 5.82. The molecule has 0 aliphatic carbocycles. The molecule has 2 amide bonds. The van der Waals surface area contributed by atoms with E-state index in [4.69, 9.17) is 5.11 Å². The van der Waals surface area contributed by atoms with Gasteiger partial charge in [0.05, 0.1) is 0 Å². The minimum Gasteiger partial charge on any atom is -0.480 e. The standard InChI is InChI=1S/C15H21FN2O3/c1-2-3-8-13(14(19)20)18-15(21)17-10-9-11-6-4-5-7-12(11)16/h4-7,13H,2-3,8-10H2,1H3,(H,19,20)(H2,17,18,21)/t13-/m0/s1. The van der Waals surface area contributed by atoms with Crippen molar-refractivity contribution in [3.63, 3.8) is 0 Å². The number of amides is 2. The van der Waals surface area contributed by atoms with Crippen molar-refractivity contribution in [3.8, 4) is 0 Å². The van der Waals surface area contributed by atoms with Gasteiger partial charge < -0.3 is 15.7 Å². The zero-order valence-electron chi connectivity index (χ0n) is 12.1. The van der Waals surface area contributed by atoms with Crippen LogP contribution in [-0.4, -0.2) is 29.7 Å². The number of carboxylic acid groups (broad SMARTS) is 1. The minimum absolute atomic E-state index is 0.243. The van der Waals surface area contributed by atoms with Crippen molar-refractivity contribution in [3.05, 3.63) is 35.6 Å². The minimum atomic E-state index is -1.05. The number of unbranched alkanes of at least 4 members (excludes halogenated alkanes) is 1. The Morgan fingerprint density at radius 1 is 1.33 bits per heavy atom. The SMILES string of the molecule is CCCC[C@H](NC(=O)NCCc1ccccc1F)C(=O)O. The molecule has 0 saturated carbocycles.